The lowest BCUT2D eigenvalue weighted by Crippen LogP contribution is -2.29. The van der Waals surface area contributed by atoms with Crippen LogP contribution in [0.1, 0.15) is 10.4 Å². The van der Waals surface area contributed by atoms with Gasteiger partial charge in [-0.3, -0.25) is 14.4 Å². The maximum absolute atomic E-state index is 11.6. The Kier molecular flexibility index (Phi) is 4.47. The highest BCUT2D eigenvalue weighted by Crippen LogP contribution is 2.13. The molecule has 0 aliphatic rings. The van der Waals surface area contributed by atoms with Gasteiger partial charge < -0.3 is 10.6 Å². The SMILES string of the molecule is CN(C)c1cccc(C(=O)NOCC(N)=O)c1. The molecular weight excluding hydrogens is 222 g/mol. The number of hydrogen-bond acceptors (Lipinski definition) is 4. The van der Waals surface area contributed by atoms with E-state index in [9.17, 15) is 9.59 Å². The van der Waals surface area contributed by atoms with Crippen molar-refractivity contribution in [2.24, 2.45) is 5.73 Å². The molecule has 0 spiro atoms. The summed E-state index contributed by atoms with van der Waals surface area (Å²) >= 11 is 0. The standard InChI is InChI=1S/C11H15N3O3/c1-14(2)9-5-3-4-8(6-9)11(16)13-17-7-10(12)15/h3-6H,7H2,1-2H3,(H2,12,15)(H,13,16). The first-order valence-electron chi connectivity index (χ1n) is 4.98. The maximum atomic E-state index is 11.6. The molecule has 0 saturated heterocycles. The van der Waals surface area contributed by atoms with Crippen molar-refractivity contribution in [1.29, 1.82) is 0 Å². The number of nitrogens with two attached hydrogens (primary N) is 1. The van der Waals surface area contributed by atoms with E-state index in [1.54, 1.807) is 18.2 Å². The predicted molar refractivity (Wildman–Crippen MR) is 63.4 cm³/mol. The van der Waals surface area contributed by atoms with Crippen molar-refractivity contribution < 1.29 is 14.4 Å². The summed E-state index contributed by atoms with van der Waals surface area (Å²) in [4.78, 5) is 28.5. The van der Waals surface area contributed by atoms with E-state index in [0.29, 0.717) is 5.56 Å². The Morgan fingerprint density at radius 2 is 2.12 bits per heavy atom. The van der Waals surface area contributed by atoms with Gasteiger partial charge in [-0.2, -0.15) is 0 Å². The molecule has 0 bridgehead atoms. The maximum Gasteiger partial charge on any atom is 0.274 e. The lowest BCUT2D eigenvalue weighted by atomic mass is 10.2. The molecule has 0 aliphatic carbocycles. The summed E-state index contributed by atoms with van der Waals surface area (Å²) in [6.45, 7) is -0.348. The molecule has 2 amide bonds. The van der Waals surface area contributed by atoms with Crippen molar-refractivity contribution >= 4 is 17.5 Å². The van der Waals surface area contributed by atoms with Crippen LogP contribution in [0.4, 0.5) is 5.69 Å². The summed E-state index contributed by atoms with van der Waals surface area (Å²) in [5.41, 5.74) is 8.34. The molecule has 92 valence electrons. The van der Waals surface area contributed by atoms with E-state index >= 15 is 0 Å². The molecule has 0 aliphatic heterocycles. The van der Waals surface area contributed by atoms with E-state index < -0.39 is 11.8 Å². The van der Waals surface area contributed by atoms with Crippen LogP contribution in [0, 0.1) is 0 Å². The third-order valence-corrected chi connectivity index (χ3v) is 2.00. The molecule has 0 radical (unpaired) electrons. The minimum atomic E-state index is -0.646. The largest absolute Gasteiger partial charge is 0.378 e. The highest BCUT2D eigenvalue weighted by atomic mass is 16.7. The van der Waals surface area contributed by atoms with Gasteiger partial charge in [-0.25, -0.2) is 5.48 Å². The number of amides is 2. The van der Waals surface area contributed by atoms with Gasteiger partial charge in [0, 0.05) is 25.3 Å². The minimum absolute atomic E-state index is 0.348. The summed E-state index contributed by atoms with van der Waals surface area (Å²) in [7, 11) is 3.75. The summed E-state index contributed by atoms with van der Waals surface area (Å²) in [5, 5.41) is 0. The Bertz CT molecular complexity index is 418. The van der Waals surface area contributed by atoms with Crippen LogP contribution >= 0.6 is 0 Å². The Morgan fingerprint density at radius 3 is 2.71 bits per heavy atom. The molecule has 1 rings (SSSR count). The van der Waals surface area contributed by atoms with Crippen LogP contribution in [0.3, 0.4) is 0 Å². The average Bonchev–Trinajstić information content (AvgIpc) is 2.28. The monoisotopic (exact) mass is 237 g/mol. The number of hydrogen-bond donors (Lipinski definition) is 2. The zero-order valence-corrected chi connectivity index (χ0v) is 9.77. The molecule has 0 fully saturated rings. The van der Waals surface area contributed by atoms with E-state index in [1.807, 2.05) is 25.1 Å². The van der Waals surface area contributed by atoms with Crippen molar-refractivity contribution in [3.05, 3.63) is 29.8 Å². The van der Waals surface area contributed by atoms with Crippen LogP contribution in [0.25, 0.3) is 0 Å². The van der Waals surface area contributed by atoms with Gasteiger partial charge in [-0.1, -0.05) is 6.07 Å². The van der Waals surface area contributed by atoms with Crippen molar-refractivity contribution in [2.75, 3.05) is 25.6 Å². The third kappa shape index (κ3) is 4.12. The molecule has 0 saturated carbocycles. The number of primary amides is 1. The minimum Gasteiger partial charge on any atom is -0.378 e. The number of carbonyl (C=O) groups is 2. The molecule has 0 aromatic heterocycles. The fourth-order valence-corrected chi connectivity index (χ4v) is 1.16. The second kappa shape index (κ2) is 5.86. The van der Waals surface area contributed by atoms with E-state index in [-0.39, 0.29) is 6.61 Å². The summed E-state index contributed by atoms with van der Waals surface area (Å²) in [5.74, 6) is -1.07. The number of hydroxylamine groups is 1. The van der Waals surface area contributed by atoms with Gasteiger partial charge in [-0.15, -0.1) is 0 Å². The summed E-state index contributed by atoms with van der Waals surface area (Å²) < 4.78 is 0. The normalized spacial score (nSPS) is 9.76. The predicted octanol–water partition coefficient (Wildman–Crippen LogP) is -0.101. The zero-order valence-electron chi connectivity index (χ0n) is 9.77. The first kappa shape index (κ1) is 13.0. The number of anilines is 1. The Balaban J connectivity index is 2.62. The van der Waals surface area contributed by atoms with E-state index in [2.05, 4.69) is 10.3 Å². The van der Waals surface area contributed by atoms with E-state index in [4.69, 9.17) is 5.73 Å². The van der Waals surface area contributed by atoms with Crippen molar-refractivity contribution in [2.45, 2.75) is 0 Å². The quantitative estimate of drug-likeness (QED) is 0.700. The summed E-state index contributed by atoms with van der Waals surface area (Å²) in [6.07, 6.45) is 0. The van der Waals surface area contributed by atoms with Crippen LogP contribution in [0.2, 0.25) is 0 Å². The van der Waals surface area contributed by atoms with Crippen LogP contribution in [0.5, 0.6) is 0 Å². The first-order valence-corrected chi connectivity index (χ1v) is 4.98. The van der Waals surface area contributed by atoms with E-state index in [0.717, 1.165) is 5.69 Å². The third-order valence-electron chi connectivity index (χ3n) is 2.00. The number of nitrogens with zero attached hydrogens (tertiary/aromatic N) is 1. The van der Waals surface area contributed by atoms with Crippen molar-refractivity contribution in [1.82, 2.24) is 5.48 Å². The van der Waals surface area contributed by atoms with Crippen LogP contribution in [-0.2, 0) is 9.63 Å². The Morgan fingerprint density at radius 1 is 1.41 bits per heavy atom. The molecule has 17 heavy (non-hydrogen) atoms. The first-order chi connectivity index (χ1) is 8.00. The van der Waals surface area contributed by atoms with Crippen LogP contribution in [-0.4, -0.2) is 32.5 Å². The topological polar surface area (TPSA) is 84.7 Å². The Hall–Kier alpha value is -2.08. The van der Waals surface area contributed by atoms with Crippen molar-refractivity contribution in [3.8, 4) is 0 Å². The number of carbonyl (C=O) groups excluding carboxylic acids is 2. The van der Waals surface area contributed by atoms with Gasteiger partial charge >= 0.3 is 0 Å². The molecule has 0 heterocycles. The lowest BCUT2D eigenvalue weighted by molar-refractivity contribution is -0.124. The van der Waals surface area contributed by atoms with Gasteiger partial charge in [0.1, 0.15) is 0 Å². The molecule has 0 atom stereocenters. The fourth-order valence-electron chi connectivity index (χ4n) is 1.16. The molecule has 0 unspecified atom stereocenters. The lowest BCUT2D eigenvalue weighted by Gasteiger charge is -2.13. The van der Waals surface area contributed by atoms with Crippen molar-refractivity contribution in [3.63, 3.8) is 0 Å². The molecule has 1 aromatic carbocycles. The fraction of sp³-hybridized carbons (Fsp3) is 0.273. The zero-order chi connectivity index (χ0) is 12.8. The van der Waals surface area contributed by atoms with Gasteiger partial charge in [0.05, 0.1) is 0 Å². The molecular formula is C11H15N3O3. The molecule has 6 nitrogen and oxygen atoms in total. The molecule has 3 N–H and O–H groups in total. The van der Waals surface area contributed by atoms with Gasteiger partial charge in [-0.05, 0) is 18.2 Å². The average molecular weight is 237 g/mol. The number of benzene rings is 1. The number of nitrogens with one attached hydrogen (secondary N) is 1. The second-order valence-corrected chi connectivity index (χ2v) is 3.63. The van der Waals surface area contributed by atoms with Gasteiger partial charge in [0.25, 0.3) is 5.91 Å². The highest BCUT2D eigenvalue weighted by Gasteiger charge is 2.07. The van der Waals surface area contributed by atoms with E-state index in [1.165, 1.54) is 0 Å². The van der Waals surface area contributed by atoms with Crippen LogP contribution < -0.4 is 16.1 Å². The highest BCUT2D eigenvalue weighted by molar-refractivity contribution is 5.94. The smallest absolute Gasteiger partial charge is 0.274 e. The molecule has 1 aromatic rings. The van der Waals surface area contributed by atoms with Crippen LogP contribution in [0.15, 0.2) is 24.3 Å². The molecule has 6 heteroatoms. The Labute approximate surface area is 99.3 Å². The second-order valence-electron chi connectivity index (χ2n) is 3.63. The van der Waals surface area contributed by atoms with Gasteiger partial charge in [0.2, 0.25) is 5.91 Å². The summed E-state index contributed by atoms with van der Waals surface area (Å²) in [6, 6.07) is 7.00. The van der Waals surface area contributed by atoms with Gasteiger partial charge in [0.15, 0.2) is 6.61 Å². The number of rotatable bonds is 5.